The van der Waals surface area contributed by atoms with E-state index in [2.05, 4.69) is 22.9 Å². The van der Waals surface area contributed by atoms with Crippen LogP contribution < -0.4 is 16.0 Å². The number of anilines is 1. The molecule has 1 unspecified atom stereocenters. The van der Waals surface area contributed by atoms with Crippen LogP contribution in [0, 0.1) is 11.8 Å². The van der Waals surface area contributed by atoms with Crippen molar-refractivity contribution in [2.75, 3.05) is 25.0 Å². The van der Waals surface area contributed by atoms with Crippen LogP contribution in [-0.4, -0.2) is 31.4 Å². The standard InChI is InChI=1S/C19H28ClN3O2/c1-3-8-22-19(25)16-5-4-15(20)12-17(16)23-18(24)11-13(2)14-6-9-21-10-7-14/h4-5,12-14,21H,3,6-11H2,1-2H3,(H,22,25)(H,23,24). The fourth-order valence-electron chi connectivity index (χ4n) is 3.23. The van der Waals surface area contributed by atoms with Gasteiger partial charge in [0.15, 0.2) is 0 Å². The molecule has 0 saturated carbocycles. The molecule has 6 heteroatoms. The van der Waals surface area contributed by atoms with Gasteiger partial charge in [-0.15, -0.1) is 0 Å². The van der Waals surface area contributed by atoms with Gasteiger partial charge in [0.05, 0.1) is 11.3 Å². The average Bonchev–Trinajstić information content (AvgIpc) is 2.60. The van der Waals surface area contributed by atoms with E-state index < -0.39 is 0 Å². The van der Waals surface area contributed by atoms with Gasteiger partial charge in [-0.2, -0.15) is 0 Å². The third kappa shape index (κ3) is 6.01. The average molecular weight is 366 g/mol. The molecule has 3 N–H and O–H groups in total. The Labute approximate surface area is 154 Å². The van der Waals surface area contributed by atoms with Gasteiger partial charge in [-0.1, -0.05) is 25.4 Å². The van der Waals surface area contributed by atoms with Crippen molar-refractivity contribution in [1.29, 1.82) is 0 Å². The molecule has 0 radical (unpaired) electrons. The summed E-state index contributed by atoms with van der Waals surface area (Å²) in [4.78, 5) is 24.7. The van der Waals surface area contributed by atoms with Crippen molar-refractivity contribution in [1.82, 2.24) is 10.6 Å². The lowest BCUT2D eigenvalue weighted by atomic mass is 9.84. The zero-order valence-electron chi connectivity index (χ0n) is 15.0. The SMILES string of the molecule is CCCNC(=O)c1ccc(Cl)cc1NC(=O)CC(C)C1CCNCC1. The van der Waals surface area contributed by atoms with Gasteiger partial charge in [0.1, 0.15) is 0 Å². The van der Waals surface area contributed by atoms with Gasteiger partial charge in [0.2, 0.25) is 5.91 Å². The van der Waals surface area contributed by atoms with E-state index >= 15 is 0 Å². The van der Waals surface area contributed by atoms with Crippen molar-refractivity contribution >= 4 is 29.1 Å². The van der Waals surface area contributed by atoms with Gasteiger partial charge < -0.3 is 16.0 Å². The van der Waals surface area contributed by atoms with Gasteiger partial charge >= 0.3 is 0 Å². The van der Waals surface area contributed by atoms with Crippen LogP contribution in [0.2, 0.25) is 5.02 Å². The maximum absolute atomic E-state index is 12.5. The zero-order valence-corrected chi connectivity index (χ0v) is 15.8. The lowest BCUT2D eigenvalue weighted by Crippen LogP contribution is -2.32. The minimum Gasteiger partial charge on any atom is -0.352 e. The highest BCUT2D eigenvalue weighted by molar-refractivity contribution is 6.31. The largest absolute Gasteiger partial charge is 0.352 e. The molecule has 1 aliphatic heterocycles. The number of rotatable bonds is 7. The molecule has 1 aromatic rings. The number of carbonyl (C=O) groups excluding carboxylic acids is 2. The molecule has 5 nitrogen and oxygen atoms in total. The summed E-state index contributed by atoms with van der Waals surface area (Å²) in [7, 11) is 0. The highest BCUT2D eigenvalue weighted by Crippen LogP contribution is 2.26. The van der Waals surface area contributed by atoms with Gasteiger partial charge in [-0.25, -0.2) is 0 Å². The molecule has 0 bridgehead atoms. The van der Waals surface area contributed by atoms with Crippen LogP contribution in [0.25, 0.3) is 0 Å². The fourth-order valence-corrected chi connectivity index (χ4v) is 3.40. The molecule has 0 aromatic heterocycles. The van der Waals surface area contributed by atoms with E-state index in [1.54, 1.807) is 18.2 Å². The smallest absolute Gasteiger partial charge is 0.253 e. The van der Waals surface area contributed by atoms with E-state index in [1.807, 2.05) is 6.92 Å². The number of hydrogen-bond acceptors (Lipinski definition) is 3. The predicted molar refractivity (Wildman–Crippen MR) is 102 cm³/mol. The van der Waals surface area contributed by atoms with Crippen molar-refractivity contribution in [2.24, 2.45) is 11.8 Å². The highest BCUT2D eigenvalue weighted by Gasteiger charge is 2.22. The van der Waals surface area contributed by atoms with E-state index in [-0.39, 0.29) is 11.8 Å². The molecule has 1 heterocycles. The Morgan fingerprint density at radius 2 is 2.04 bits per heavy atom. The minimum absolute atomic E-state index is 0.0714. The molecule has 2 rings (SSSR count). The van der Waals surface area contributed by atoms with Crippen LogP contribution in [0.1, 0.15) is 49.9 Å². The Hall–Kier alpha value is -1.59. The summed E-state index contributed by atoms with van der Waals surface area (Å²) in [5.74, 6) is 0.621. The molecule has 1 atom stereocenters. The van der Waals surface area contributed by atoms with E-state index in [0.717, 1.165) is 32.4 Å². The normalized spacial score (nSPS) is 16.3. The molecular formula is C19H28ClN3O2. The maximum Gasteiger partial charge on any atom is 0.253 e. The first-order valence-corrected chi connectivity index (χ1v) is 9.47. The van der Waals surface area contributed by atoms with E-state index in [0.29, 0.717) is 41.1 Å². The van der Waals surface area contributed by atoms with Crippen LogP contribution in [0.4, 0.5) is 5.69 Å². The number of benzene rings is 1. The Bertz CT molecular complexity index is 600. The van der Waals surface area contributed by atoms with E-state index in [9.17, 15) is 9.59 Å². The molecule has 1 fully saturated rings. The van der Waals surface area contributed by atoms with Gasteiger partial charge in [-0.05, 0) is 62.4 Å². The van der Waals surface area contributed by atoms with Crippen molar-refractivity contribution < 1.29 is 9.59 Å². The number of carbonyl (C=O) groups is 2. The second kappa shape index (κ2) is 9.78. The number of halogens is 1. The van der Waals surface area contributed by atoms with Crippen molar-refractivity contribution in [2.45, 2.75) is 39.5 Å². The van der Waals surface area contributed by atoms with Crippen LogP contribution in [0.5, 0.6) is 0 Å². The van der Waals surface area contributed by atoms with Crippen molar-refractivity contribution in [3.63, 3.8) is 0 Å². The zero-order chi connectivity index (χ0) is 18.2. The summed E-state index contributed by atoms with van der Waals surface area (Å²) < 4.78 is 0. The lowest BCUT2D eigenvalue weighted by molar-refractivity contribution is -0.117. The molecular weight excluding hydrogens is 338 g/mol. The summed E-state index contributed by atoms with van der Waals surface area (Å²) in [6, 6.07) is 4.95. The van der Waals surface area contributed by atoms with Gasteiger partial charge in [0.25, 0.3) is 5.91 Å². The third-order valence-electron chi connectivity index (χ3n) is 4.73. The highest BCUT2D eigenvalue weighted by atomic mass is 35.5. The van der Waals surface area contributed by atoms with Gasteiger partial charge in [0, 0.05) is 18.0 Å². The number of piperidine rings is 1. The summed E-state index contributed by atoms with van der Waals surface area (Å²) in [5, 5.41) is 9.55. The number of nitrogens with one attached hydrogen (secondary N) is 3. The first-order valence-electron chi connectivity index (χ1n) is 9.09. The summed E-state index contributed by atoms with van der Waals surface area (Å²) in [5.41, 5.74) is 0.921. The second-order valence-electron chi connectivity index (χ2n) is 6.76. The molecule has 138 valence electrons. The minimum atomic E-state index is -0.194. The Morgan fingerprint density at radius 1 is 1.32 bits per heavy atom. The van der Waals surface area contributed by atoms with E-state index in [4.69, 9.17) is 11.6 Å². The van der Waals surface area contributed by atoms with Crippen LogP contribution in [0.15, 0.2) is 18.2 Å². The summed E-state index contributed by atoms with van der Waals surface area (Å²) in [6.45, 7) is 6.76. The third-order valence-corrected chi connectivity index (χ3v) is 4.97. The molecule has 25 heavy (non-hydrogen) atoms. The van der Waals surface area contributed by atoms with Gasteiger partial charge in [-0.3, -0.25) is 9.59 Å². The topological polar surface area (TPSA) is 70.2 Å². The summed E-state index contributed by atoms with van der Waals surface area (Å²) in [6.07, 6.45) is 3.52. The lowest BCUT2D eigenvalue weighted by Gasteiger charge is -2.28. The second-order valence-corrected chi connectivity index (χ2v) is 7.20. The molecule has 1 saturated heterocycles. The molecule has 2 amide bonds. The van der Waals surface area contributed by atoms with Crippen LogP contribution >= 0.6 is 11.6 Å². The first-order chi connectivity index (χ1) is 12.0. The molecule has 0 spiro atoms. The Balaban J connectivity index is 2.01. The Kier molecular flexibility index (Phi) is 7.72. The van der Waals surface area contributed by atoms with Crippen LogP contribution in [-0.2, 0) is 4.79 Å². The monoisotopic (exact) mass is 365 g/mol. The molecule has 1 aromatic carbocycles. The predicted octanol–water partition coefficient (Wildman–Crippen LogP) is 3.44. The molecule has 1 aliphatic rings. The fraction of sp³-hybridized carbons (Fsp3) is 0.579. The summed E-state index contributed by atoms with van der Waals surface area (Å²) >= 11 is 6.05. The maximum atomic E-state index is 12.5. The Morgan fingerprint density at radius 3 is 2.72 bits per heavy atom. The number of hydrogen-bond donors (Lipinski definition) is 3. The van der Waals surface area contributed by atoms with Crippen molar-refractivity contribution in [3.05, 3.63) is 28.8 Å². The number of amides is 2. The molecule has 0 aliphatic carbocycles. The quantitative estimate of drug-likeness (QED) is 0.693. The van der Waals surface area contributed by atoms with Crippen molar-refractivity contribution in [3.8, 4) is 0 Å². The van der Waals surface area contributed by atoms with E-state index in [1.165, 1.54) is 0 Å². The first kappa shape index (κ1) is 19.7. The van der Waals surface area contributed by atoms with Crippen LogP contribution in [0.3, 0.4) is 0 Å².